The molecule has 1 aromatic rings. The van der Waals surface area contributed by atoms with Gasteiger partial charge in [-0.3, -0.25) is 0 Å². The van der Waals surface area contributed by atoms with Crippen LogP contribution in [-0.4, -0.2) is 35.0 Å². The zero-order chi connectivity index (χ0) is 16.4. The summed E-state index contributed by atoms with van der Waals surface area (Å²) in [6.45, 7) is 4.59. The number of sulfonamides is 1. The van der Waals surface area contributed by atoms with E-state index in [-0.39, 0.29) is 6.04 Å². The molecule has 1 saturated carbocycles. The third-order valence-corrected chi connectivity index (χ3v) is 7.44. The minimum atomic E-state index is -3.19. The van der Waals surface area contributed by atoms with Crippen molar-refractivity contribution in [2.45, 2.75) is 71.3 Å². The lowest BCUT2D eigenvalue weighted by molar-refractivity contribution is 0.342. The van der Waals surface area contributed by atoms with Gasteiger partial charge in [0.1, 0.15) is 5.82 Å². The molecule has 1 aromatic heterocycles. The van der Waals surface area contributed by atoms with E-state index in [0.29, 0.717) is 18.2 Å². The molecule has 2 fully saturated rings. The Morgan fingerprint density at radius 2 is 1.87 bits per heavy atom. The Labute approximate surface area is 139 Å². The summed E-state index contributed by atoms with van der Waals surface area (Å²) < 4.78 is 27.4. The van der Waals surface area contributed by atoms with Gasteiger partial charge in [0.25, 0.3) is 0 Å². The molecule has 1 N–H and O–H groups in total. The number of hydrogen-bond acceptors (Lipinski definition) is 3. The van der Waals surface area contributed by atoms with Gasteiger partial charge >= 0.3 is 0 Å². The van der Waals surface area contributed by atoms with Crippen LogP contribution in [-0.2, 0) is 10.0 Å². The lowest BCUT2D eigenvalue weighted by Gasteiger charge is -2.25. The van der Waals surface area contributed by atoms with Crippen molar-refractivity contribution in [3.63, 3.8) is 0 Å². The van der Waals surface area contributed by atoms with Crippen LogP contribution in [0.5, 0.6) is 0 Å². The first-order valence-corrected chi connectivity index (χ1v) is 10.6. The second-order valence-electron chi connectivity index (χ2n) is 7.21. The van der Waals surface area contributed by atoms with Crippen LogP contribution in [0.3, 0.4) is 0 Å². The summed E-state index contributed by atoms with van der Waals surface area (Å²) in [6.07, 6.45) is 8.87. The molecule has 2 aliphatic rings. The fourth-order valence-corrected chi connectivity index (χ4v) is 5.85. The predicted octanol–water partition coefficient (Wildman–Crippen LogP) is 3.46. The largest absolute Gasteiger partial charge is 0.345 e. The maximum absolute atomic E-state index is 12.8. The van der Waals surface area contributed by atoms with E-state index < -0.39 is 10.0 Å². The molecule has 1 atom stereocenters. The van der Waals surface area contributed by atoms with E-state index in [9.17, 15) is 8.42 Å². The number of nitrogens with zero attached hydrogens (tertiary/aromatic N) is 2. The number of aromatic amines is 1. The van der Waals surface area contributed by atoms with Gasteiger partial charge in [0.15, 0.2) is 0 Å². The molecule has 6 heteroatoms. The molecule has 0 radical (unpaired) electrons. The number of H-pyrrole nitrogens is 1. The maximum Gasteiger partial charge on any atom is 0.214 e. The van der Waals surface area contributed by atoms with Gasteiger partial charge in [-0.05, 0) is 39.0 Å². The topological polar surface area (TPSA) is 66.1 Å². The summed E-state index contributed by atoms with van der Waals surface area (Å²) in [6, 6.07) is -0.0984. The van der Waals surface area contributed by atoms with Crippen LogP contribution >= 0.6 is 0 Å². The minimum absolute atomic E-state index is 0.0984. The minimum Gasteiger partial charge on any atom is -0.345 e. The van der Waals surface area contributed by atoms with E-state index >= 15 is 0 Å². The molecule has 130 valence electrons. The Bertz CT molecular complexity index is 613. The number of rotatable bonds is 5. The van der Waals surface area contributed by atoms with Gasteiger partial charge in [-0.1, -0.05) is 32.1 Å². The highest BCUT2D eigenvalue weighted by atomic mass is 32.2. The molecule has 0 amide bonds. The van der Waals surface area contributed by atoms with Gasteiger partial charge in [-0.2, -0.15) is 4.31 Å². The first kappa shape index (κ1) is 17.0. The Morgan fingerprint density at radius 1 is 1.13 bits per heavy atom. The Kier molecular flexibility index (Phi) is 5.11. The van der Waals surface area contributed by atoms with Crippen molar-refractivity contribution >= 4 is 10.0 Å². The van der Waals surface area contributed by atoms with Gasteiger partial charge in [0.05, 0.1) is 17.5 Å². The van der Waals surface area contributed by atoms with Gasteiger partial charge in [0, 0.05) is 12.2 Å². The van der Waals surface area contributed by atoms with Crippen LogP contribution in [0.1, 0.15) is 74.6 Å². The summed E-state index contributed by atoms with van der Waals surface area (Å²) in [7, 11) is -3.19. The van der Waals surface area contributed by atoms with E-state index in [1.807, 2.05) is 13.8 Å². The fraction of sp³-hybridized carbons (Fsp3) is 0.824. The van der Waals surface area contributed by atoms with Crippen LogP contribution in [0.2, 0.25) is 0 Å². The standard InChI is InChI=1S/C17H29N3O2S/c1-13-14(2)19-17(18-13)16-9-6-11-20(16)23(21,22)12-10-15-7-4-3-5-8-15/h15-16H,3-12H2,1-2H3,(H,18,19). The molecule has 1 saturated heterocycles. The van der Waals surface area contributed by atoms with Crippen LogP contribution in [0.15, 0.2) is 0 Å². The fourth-order valence-electron chi connectivity index (χ4n) is 3.99. The Hall–Kier alpha value is -0.880. The number of imidazole rings is 1. The predicted molar refractivity (Wildman–Crippen MR) is 91.7 cm³/mol. The average molecular weight is 340 g/mol. The highest BCUT2D eigenvalue weighted by molar-refractivity contribution is 7.89. The number of aryl methyl sites for hydroxylation is 2. The smallest absolute Gasteiger partial charge is 0.214 e. The molecule has 3 rings (SSSR count). The van der Waals surface area contributed by atoms with Gasteiger partial charge in [0.2, 0.25) is 10.0 Å². The second-order valence-corrected chi connectivity index (χ2v) is 9.25. The van der Waals surface area contributed by atoms with Gasteiger partial charge < -0.3 is 4.98 Å². The summed E-state index contributed by atoms with van der Waals surface area (Å²) >= 11 is 0. The van der Waals surface area contributed by atoms with E-state index in [1.54, 1.807) is 4.31 Å². The molecule has 0 aromatic carbocycles. The molecular formula is C17H29N3O2S. The Balaban J connectivity index is 1.67. The second kappa shape index (κ2) is 6.93. The monoisotopic (exact) mass is 339 g/mol. The van der Waals surface area contributed by atoms with Crippen LogP contribution < -0.4 is 0 Å². The van der Waals surface area contributed by atoms with Crippen molar-refractivity contribution in [2.24, 2.45) is 5.92 Å². The average Bonchev–Trinajstić information content (AvgIpc) is 3.14. The highest BCUT2D eigenvalue weighted by Crippen LogP contribution is 2.34. The summed E-state index contributed by atoms with van der Waals surface area (Å²) in [5.41, 5.74) is 2.00. The molecule has 5 nitrogen and oxygen atoms in total. The van der Waals surface area contributed by atoms with Crippen LogP contribution in [0, 0.1) is 19.8 Å². The van der Waals surface area contributed by atoms with E-state index in [4.69, 9.17) is 0 Å². The maximum atomic E-state index is 12.8. The van der Waals surface area contributed by atoms with E-state index in [1.165, 1.54) is 32.1 Å². The molecule has 2 heterocycles. The van der Waals surface area contributed by atoms with Crippen molar-refractivity contribution in [2.75, 3.05) is 12.3 Å². The molecule has 0 spiro atoms. The number of nitrogens with one attached hydrogen (secondary N) is 1. The molecule has 1 unspecified atom stereocenters. The zero-order valence-corrected chi connectivity index (χ0v) is 15.2. The normalized spacial score (nSPS) is 24.3. The van der Waals surface area contributed by atoms with Crippen molar-refractivity contribution in [3.8, 4) is 0 Å². The Morgan fingerprint density at radius 3 is 2.52 bits per heavy atom. The first-order valence-electron chi connectivity index (χ1n) is 9.00. The molecule has 1 aliphatic heterocycles. The van der Waals surface area contributed by atoms with Crippen molar-refractivity contribution in [3.05, 3.63) is 17.2 Å². The van der Waals surface area contributed by atoms with Crippen LogP contribution in [0.25, 0.3) is 0 Å². The molecule has 0 bridgehead atoms. The number of aromatic nitrogens is 2. The quantitative estimate of drug-likeness (QED) is 0.893. The summed E-state index contributed by atoms with van der Waals surface area (Å²) in [5, 5.41) is 0. The molecule has 23 heavy (non-hydrogen) atoms. The lowest BCUT2D eigenvalue weighted by Crippen LogP contribution is -2.33. The van der Waals surface area contributed by atoms with Crippen LogP contribution in [0.4, 0.5) is 0 Å². The van der Waals surface area contributed by atoms with Crippen molar-refractivity contribution < 1.29 is 8.42 Å². The first-order chi connectivity index (χ1) is 11.0. The SMILES string of the molecule is Cc1nc(C2CCCN2S(=O)(=O)CCC2CCCCC2)[nH]c1C. The highest BCUT2D eigenvalue weighted by Gasteiger charge is 2.37. The lowest BCUT2D eigenvalue weighted by atomic mass is 9.88. The third-order valence-electron chi connectivity index (χ3n) is 5.53. The molecule has 1 aliphatic carbocycles. The third kappa shape index (κ3) is 3.79. The summed E-state index contributed by atoms with van der Waals surface area (Å²) in [4.78, 5) is 7.82. The van der Waals surface area contributed by atoms with Gasteiger partial charge in [-0.25, -0.2) is 13.4 Å². The number of hydrogen-bond donors (Lipinski definition) is 1. The zero-order valence-electron chi connectivity index (χ0n) is 14.3. The van der Waals surface area contributed by atoms with Crippen molar-refractivity contribution in [1.29, 1.82) is 0 Å². The van der Waals surface area contributed by atoms with Crippen molar-refractivity contribution in [1.82, 2.24) is 14.3 Å². The summed E-state index contributed by atoms with van der Waals surface area (Å²) in [5.74, 6) is 1.72. The molecular weight excluding hydrogens is 310 g/mol. The van der Waals surface area contributed by atoms with E-state index in [2.05, 4.69) is 9.97 Å². The van der Waals surface area contributed by atoms with E-state index in [0.717, 1.165) is 36.5 Å². The van der Waals surface area contributed by atoms with Gasteiger partial charge in [-0.15, -0.1) is 0 Å².